The van der Waals surface area contributed by atoms with E-state index in [-0.39, 0.29) is 5.78 Å². The zero-order valence-corrected chi connectivity index (χ0v) is 13.2. The summed E-state index contributed by atoms with van der Waals surface area (Å²) in [6.07, 6.45) is 17.9. The van der Waals surface area contributed by atoms with Gasteiger partial charge in [-0.15, -0.1) is 6.58 Å². The Morgan fingerprint density at radius 1 is 0.762 bits per heavy atom. The van der Waals surface area contributed by atoms with Gasteiger partial charge in [-0.3, -0.25) is 4.79 Å². The SMILES string of the molecule is C=CCCCCCCCCCCCCC(=O)C=CC(=O)O. The summed E-state index contributed by atoms with van der Waals surface area (Å²) >= 11 is 0. The molecule has 0 radical (unpaired) electrons. The highest BCUT2D eigenvalue weighted by atomic mass is 16.4. The van der Waals surface area contributed by atoms with Crippen LogP contribution < -0.4 is 0 Å². The molecule has 0 bridgehead atoms. The molecule has 0 heterocycles. The number of carboxylic acid groups (broad SMARTS) is 1. The highest BCUT2D eigenvalue weighted by Gasteiger charge is 1.98. The van der Waals surface area contributed by atoms with Gasteiger partial charge in [0.25, 0.3) is 0 Å². The molecule has 0 rings (SSSR count). The molecule has 120 valence electrons. The minimum atomic E-state index is -1.06. The Kier molecular flexibility index (Phi) is 14.0. The van der Waals surface area contributed by atoms with Gasteiger partial charge in [-0.2, -0.15) is 0 Å². The molecule has 0 aromatic carbocycles. The van der Waals surface area contributed by atoms with E-state index in [0.29, 0.717) is 6.42 Å². The van der Waals surface area contributed by atoms with E-state index < -0.39 is 5.97 Å². The zero-order valence-electron chi connectivity index (χ0n) is 13.2. The first-order valence-corrected chi connectivity index (χ1v) is 8.21. The predicted octanol–water partition coefficient (Wildman–Crippen LogP) is 5.06. The zero-order chi connectivity index (χ0) is 15.8. The van der Waals surface area contributed by atoms with E-state index in [4.69, 9.17) is 5.11 Å². The minimum absolute atomic E-state index is 0.0862. The highest BCUT2D eigenvalue weighted by Crippen LogP contribution is 2.12. The van der Waals surface area contributed by atoms with Gasteiger partial charge in [0.2, 0.25) is 0 Å². The Morgan fingerprint density at radius 2 is 1.24 bits per heavy atom. The second-order valence-electron chi connectivity index (χ2n) is 5.50. The summed E-state index contributed by atoms with van der Waals surface area (Å²) in [5, 5.41) is 8.39. The number of rotatable bonds is 15. The van der Waals surface area contributed by atoms with Crippen LogP contribution >= 0.6 is 0 Å². The first-order chi connectivity index (χ1) is 10.2. The number of allylic oxidation sites excluding steroid dienone is 2. The van der Waals surface area contributed by atoms with E-state index in [9.17, 15) is 9.59 Å². The minimum Gasteiger partial charge on any atom is -0.478 e. The fourth-order valence-corrected chi connectivity index (χ4v) is 2.25. The predicted molar refractivity (Wildman–Crippen MR) is 87.4 cm³/mol. The van der Waals surface area contributed by atoms with Crippen molar-refractivity contribution in [1.82, 2.24) is 0 Å². The Bertz CT molecular complexity index is 318. The lowest BCUT2D eigenvalue weighted by Gasteiger charge is -2.02. The van der Waals surface area contributed by atoms with E-state index in [0.717, 1.165) is 31.4 Å². The third kappa shape index (κ3) is 16.6. The number of carbonyl (C=O) groups excluding carboxylic acids is 1. The second-order valence-corrected chi connectivity index (χ2v) is 5.50. The van der Waals surface area contributed by atoms with Gasteiger partial charge in [-0.25, -0.2) is 4.79 Å². The normalized spacial score (nSPS) is 10.9. The Morgan fingerprint density at radius 3 is 1.71 bits per heavy atom. The van der Waals surface area contributed by atoms with Crippen LogP contribution in [0.4, 0.5) is 0 Å². The average Bonchev–Trinajstić information content (AvgIpc) is 2.46. The monoisotopic (exact) mass is 294 g/mol. The van der Waals surface area contributed by atoms with Crippen molar-refractivity contribution in [3.63, 3.8) is 0 Å². The van der Waals surface area contributed by atoms with Crippen molar-refractivity contribution in [3.05, 3.63) is 24.8 Å². The van der Waals surface area contributed by atoms with Crippen molar-refractivity contribution in [2.45, 2.75) is 77.0 Å². The van der Waals surface area contributed by atoms with Gasteiger partial charge < -0.3 is 5.11 Å². The van der Waals surface area contributed by atoms with Gasteiger partial charge in [-0.05, 0) is 25.3 Å². The molecule has 1 N–H and O–H groups in total. The molecule has 0 aliphatic rings. The van der Waals surface area contributed by atoms with Crippen LogP contribution in [0.2, 0.25) is 0 Å². The molecule has 0 saturated carbocycles. The molecule has 0 atom stereocenters. The van der Waals surface area contributed by atoms with Crippen molar-refractivity contribution >= 4 is 11.8 Å². The molecule has 21 heavy (non-hydrogen) atoms. The number of aliphatic carboxylic acids is 1. The molecule has 0 saturated heterocycles. The first-order valence-electron chi connectivity index (χ1n) is 8.21. The fourth-order valence-electron chi connectivity index (χ4n) is 2.25. The molecule has 0 aliphatic heterocycles. The van der Waals surface area contributed by atoms with Gasteiger partial charge in [0.05, 0.1) is 0 Å². The van der Waals surface area contributed by atoms with E-state index in [1.165, 1.54) is 51.4 Å². The van der Waals surface area contributed by atoms with Crippen LogP contribution in [0.15, 0.2) is 24.8 Å². The largest absolute Gasteiger partial charge is 0.478 e. The van der Waals surface area contributed by atoms with Gasteiger partial charge in [-0.1, -0.05) is 57.4 Å². The summed E-state index contributed by atoms with van der Waals surface area (Å²) in [6, 6.07) is 0. The molecule has 0 aromatic heterocycles. The molecule has 0 spiro atoms. The maximum Gasteiger partial charge on any atom is 0.328 e. The van der Waals surface area contributed by atoms with Crippen LogP contribution in [0.25, 0.3) is 0 Å². The van der Waals surface area contributed by atoms with Crippen LogP contribution in [-0.2, 0) is 9.59 Å². The summed E-state index contributed by atoms with van der Waals surface area (Å²) in [5.41, 5.74) is 0. The highest BCUT2D eigenvalue weighted by molar-refractivity contribution is 5.95. The van der Waals surface area contributed by atoms with Crippen LogP contribution in [0, 0.1) is 0 Å². The molecule has 0 aromatic rings. The first kappa shape index (κ1) is 19.6. The topological polar surface area (TPSA) is 54.4 Å². The van der Waals surface area contributed by atoms with Gasteiger partial charge in [0.1, 0.15) is 0 Å². The Balaban J connectivity index is 3.20. The Hall–Kier alpha value is -1.38. The number of hydrogen-bond donors (Lipinski definition) is 1. The third-order valence-corrected chi connectivity index (χ3v) is 3.49. The van der Waals surface area contributed by atoms with Gasteiger partial charge in [0.15, 0.2) is 5.78 Å². The van der Waals surface area contributed by atoms with Crippen molar-refractivity contribution in [3.8, 4) is 0 Å². The summed E-state index contributed by atoms with van der Waals surface area (Å²) in [6.45, 7) is 3.72. The van der Waals surface area contributed by atoms with E-state index >= 15 is 0 Å². The molecule has 0 amide bonds. The lowest BCUT2D eigenvalue weighted by atomic mass is 10.0. The maximum absolute atomic E-state index is 11.3. The number of ketones is 1. The number of hydrogen-bond acceptors (Lipinski definition) is 2. The quantitative estimate of drug-likeness (QED) is 0.261. The molecule has 0 aliphatic carbocycles. The number of carboxylic acids is 1. The van der Waals surface area contributed by atoms with Crippen molar-refractivity contribution < 1.29 is 14.7 Å². The lowest BCUT2D eigenvalue weighted by Crippen LogP contribution is -1.95. The smallest absolute Gasteiger partial charge is 0.328 e. The summed E-state index contributed by atoms with van der Waals surface area (Å²) < 4.78 is 0. The van der Waals surface area contributed by atoms with Crippen molar-refractivity contribution in [1.29, 1.82) is 0 Å². The summed E-state index contributed by atoms with van der Waals surface area (Å²) in [5.74, 6) is -1.15. The number of unbranched alkanes of at least 4 members (excludes halogenated alkanes) is 10. The average molecular weight is 294 g/mol. The number of carbonyl (C=O) groups is 2. The second kappa shape index (κ2) is 15.0. The molecule has 3 heteroatoms. The summed E-state index contributed by atoms with van der Waals surface area (Å²) in [4.78, 5) is 21.5. The lowest BCUT2D eigenvalue weighted by molar-refractivity contribution is -0.131. The van der Waals surface area contributed by atoms with Crippen molar-refractivity contribution in [2.75, 3.05) is 0 Å². The molecule has 0 unspecified atom stereocenters. The summed E-state index contributed by atoms with van der Waals surface area (Å²) in [7, 11) is 0. The maximum atomic E-state index is 11.3. The van der Waals surface area contributed by atoms with Crippen molar-refractivity contribution in [2.24, 2.45) is 0 Å². The van der Waals surface area contributed by atoms with Crippen LogP contribution in [0.3, 0.4) is 0 Å². The van der Waals surface area contributed by atoms with Crippen LogP contribution in [-0.4, -0.2) is 16.9 Å². The van der Waals surface area contributed by atoms with Gasteiger partial charge >= 0.3 is 5.97 Å². The van der Waals surface area contributed by atoms with Crippen LogP contribution in [0.5, 0.6) is 0 Å². The van der Waals surface area contributed by atoms with Crippen LogP contribution in [0.1, 0.15) is 77.0 Å². The molecule has 3 nitrogen and oxygen atoms in total. The van der Waals surface area contributed by atoms with E-state index in [1.54, 1.807) is 0 Å². The van der Waals surface area contributed by atoms with E-state index in [1.807, 2.05) is 6.08 Å². The molecular formula is C18H30O3. The molecular weight excluding hydrogens is 264 g/mol. The Labute approximate surface area is 129 Å². The van der Waals surface area contributed by atoms with E-state index in [2.05, 4.69) is 6.58 Å². The fraction of sp³-hybridized carbons (Fsp3) is 0.667. The van der Waals surface area contributed by atoms with Gasteiger partial charge in [0, 0.05) is 12.5 Å². The molecule has 0 fully saturated rings. The third-order valence-electron chi connectivity index (χ3n) is 3.49. The standard InChI is InChI=1S/C18H30O3/c1-2-3-4-5-6-7-8-9-10-11-12-13-14-17(19)15-16-18(20)21/h2,15-16H,1,3-14H2,(H,20,21).